The van der Waals surface area contributed by atoms with Crippen LogP contribution < -0.4 is 15.4 Å². The van der Waals surface area contributed by atoms with Crippen LogP contribution in [-0.2, 0) is 14.8 Å². The van der Waals surface area contributed by atoms with Gasteiger partial charge in [-0.15, -0.1) is 0 Å². The van der Waals surface area contributed by atoms with Gasteiger partial charge in [0.1, 0.15) is 0 Å². The summed E-state index contributed by atoms with van der Waals surface area (Å²) in [5.41, 5.74) is 0. The van der Waals surface area contributed by atoms with E-state index in [1.54, 1.807) is 7.05 Å². The molecule has 2 fully saturated rings. The molecule has 1 aliphatic heterocycles. The lowest BCUT2D eigenvalue weighted by Gasteiger charge is -2.22. The highest BCUT2D eigenvalue weighted by Crippen LogP contribution is 2.28. The Bertz CT molecular complexity index is 527. The number of hydrogen-bond acceptors (Lipinski definition) is 4. The maximum atomic E-state index is 12.1. The van der Waals surface area contributed by atoms with E-state index >= 15 is 0 Å². The fraction of sp³-hybridized carbons (Fsp3) is 0.947. The fourth-order valence-corrected chi connectivity index (χ4v) is 4.80. The fourth-order valence-electron chi connectivity index (χ4n) is 3.85. The lowest BCUT2D eigenvalue weighted by molar-refractivity contribution is 0.0200. The monoisotopic (exact) mass is 402 g/mol. The van der Waals surface area contributed by atoms with Crippen LogP contribution >= 0.6 is 0 Å². The Morgan fingerprint density at radius 3 is 2.48 bits per heavy atom. The van der Waals surface area contributed by atoms with Crippen molar-refractivity contribution in [3.05, 3.63) is 0 Å². The Morgan fingerprint density at radius 2 is 1.78 bits per heavy atom. The maximum absolute atomic E-state index is 12.1. The van der Waals surface area contributed by atoms with E-state index in [1.807, 2.05) is 0 Å². The minimum absolute atomic E-state index is 0.0140. The van der Waals surface area contributed by atoms with E-state index < -0.39 is 10.0 Å². The first-order valence-electron chi connectivity index (χ1n) is 10.6. The summed E-state index contributed by atoms with van der Waals surface area (Å²) < 4.78 is 32.4. The molecule has 2 rings (SSSR count). The Labute approximate surface area is 165 Å². The molecule has 3 N–H and O–H groups in total. The number of unbranched alkanes of at least 4 members (excludes halogenated alkanes) is 1. The summed E-state index contributed by atoms with van der Waals surface area (Å²) in [6.45, 7) is 2.31. The van der Waals surface area contributed by atoms with Gasteiger partial charge in [0.05, 0.1) is 11.9 Å². The topological polar surface area (TPSA) is 91.8 Å². The van der Waals surface area contributed by atoms with Crippen LogP contribution in [0.1, 0.15) is 64.2 Å². The van der Waals surface area contributed by atoms with Gasteiger partial charge in [0, 0.05) is 33.3 Å². The lowest BCUT2D eigenvalue weighted by atomic mass is 10.0. The molecule has 1 saturated heterocycles. The summed E-state index contributed by atoms with van der Waals surface area (Å²) in [7, 11) is -1.59. The summed E-state index contributed by atoms with van der Waals surface area (Å²) in [6, 6.07) is 0. The molecular formula is C19H38N4O3S. The van der Waals surface area contributed by atoms with Crippen LogP contribution in [0.25, 0.3) is 0 Å². The summed E-state index contributed by atoms with van der Waals surface area (Å²) in [5, 5.41) is 6.35. The Balaban J connectivity index is 1.52. The van der Waals surface area contributed by atoms with Crippen molar-refractivity contribution in [1.29, 1.82) is 0 Å². The predicted octanol–water partition coefficient (Wildman–Crippen LogP) is 2.00. The van der Waals surface area contributed by atoms with E-state index in [4.69, 9.17) is 4.74 Å². The predicted molar refractivity (Wildman–Crippen MR) is 111 cm³/mol. The zero-order valence-corrected chi connectivity index (χ0v) is 17.7. The number of aliphatic imine (C=N–C) groups is 1. The summed E-state index contributed by atoms with van der Waals surface area (Å²) in [4.78, 5) is 4.16. The number of nitrogens with one attached hydrogen (secondary N) is 3. The third-order valence-corrected chi connectivity index (χ3v) is 6.85. The minimum atomic E-state index is -3.30. The van der Waals surface area contributed by atoms with Gasteiger partial charge < -0.3 is 15.4 Å². The van der Waals surface area contributed by atoms with Crippen LogP contribution in [0.15, 0.2) is 4.99 Å². The third-order valence-electron chi connectivity index (χ3n) is 5.50. The molecule has 0 bridgehead atoms. The zero-order valence-electron chi connectivity index (χ0n) is 16.8. The van der Waals surface area contributed by atoms with Gasteiger partial charge >= 0.3 is 0 Å². The largest absolute Gasteiger partial charge is 0.377 e. The highest BCUT2D eigenvalue weighted by molar-refractivity contribution is 7.89. The Kier molecular flexibility index (Phi) is 10.4. The Morgan fingerprint density at radius 1 is 1.04 bits per heavy atom. The molecule has 8 heteroatoms. The van der Waals surface area contributed by atoms with Crippen molar-refractivity contribution in [2.24, 2.45) is 10.9 Å². The summed E-state index contributed by atoms with van der Waals surface area (Å²) >= 11 is 0. The Hall–Kier alpha value is -0.860. The quantitative estimate of drug-likeness (QED) is 0.279. The number of hydrogen-bond donors (Lipinski definition) is 3. The van der Waals surface area contributed by atoms with Gasteiger partial charge in [0.15, 0.2) is 5.96 Å². The van der Waals surface area contributed by atoms with Crippen LogP contribution in [0.5, 0.6) is 0 Å². The second kappa shape index (κ2) is 12.6. The first-order chi connectivity index (χ1) is 13.1. The summed E-state index contributed by atoms with van der Waals surface area (Å²) in [5.74, 6) is 1.64. The normalized spacial score (nSPS) is 22.1. The third kappa shape index (κ3) is 9.76. The van der Waals surface area contributed by atoms with E-state index in [9.17, 15) is 8.42 Å². The smallest absolute Gasteiger partial charge is 0.213 e. The van der Waals surface area contributed by atoms with Crippen molar-refractivity contribution in [2.75, 3.05) is 39.0 Å². The van der Waals surface area contributed by atoms with Gasteiger partial charge in [-0.3, -0.25) is 4.99 Å². The second-order valence-electron chi connectivity index (χ2n) is 7.73. The molecule has 1 aliphatic carbocycles. The number of ether oxygens (including phenoxy) is 1. The molecule has 1 unspecified atom stereocenters. The van der Waals surface area contributed by atoms with Crippen LogP contribution in [0.2, 0.25) is 0 Å². The molecule has 0 aromatic heterocycles. The van der Waals surface area contributed by atoms with Crippen molar-refractivity contribution in [3.8, 4) is 0 Å². The molecule has 7 nitrogen and oxygen atoms in total. The molecule has 2 aliphatic rings. The molecule has 1 heterocycles. The molecule has 0 amide bonds. The second-order valence-corrected chi connectivity index (χ2v) is 9.65. The average molecular weight is 403 g/mol. The SMILES string of the molecule is CN=C(NCCCCC1CCCC1)NCCS(=O)(=O)NCC1CCCCO1. The minimum Gasteiger partial charge on any atom is -0.377 e. The van der Waals surface area contributed by atoms with Gasteiger partial charge in [0.25, 0.3) is 0 Å². The molecule has 1 atom stereocenters. The molecule has 0 aromatic carbocycles. The lowest BCUT2D eigenvalue weighted by Crippen LogP contribution is -2.42. The van der Waals surface area contributed by atoms with Gasteiger partial charge in [-0.1, -0.05) is 38.5 Å². The first-order valence-corrected chi connectivity index (χ1v) is 12.3. The number of nitrogens with zero attached hydrogens (tertiary/aromatic N) is 1. The van der Waals surface area contributed by atoms with Crippen molar-refractivity contribution >= 4 is 16.0 Å². The molecule has 1 saturated carbocycles. The van der Waals surface area contributed by atoms with Crippen molar-refractivity contribution in [1.82, 2.24) is 15.4 Å². The van der Waals surface area contributed by atoms with Crippen LogP contribution in [0.4, 0.5) is 0 Å². The van der Waals surface area contributed by atoms with Crippen LogP contribution in [0, 0.1) is 5.92 Å². The highest BCUT2D eigenvalue weighted by atomic mass is 32.2. The standard InChI is InChI=1S/C19H38N4O3S/c1-20-19(21-12-6-4-10-17-8-2-3-9-17)22-13-15-27(24,25)23-16-18-11-5-7-14-26-18/h17-18,23H,2-16H2,1H3,(H2,20,21,22). The number of rotatable bonds is 11. The van der Waals surface area contributed by atoms with E-state index in [2.05, 4.69) is 20.3 Å². The molecule has 27 heavy (non-hydrogen) atoms. The van der Waals surface area contributed by atoms with Crippen LogP contribution in [0.3, 0.4) is 0 Å². The van der Waals surface area contributed by atoms with Crippen molar-refractivity contribution < 1.29 is 13.2 Å². The number of sulfonamides is 1. The van der Waals surface area contributed by atoms with Crippen molar-refractivity contribution in [3.63, 3.8) is 0 Å². The van der Waals surface area contributed by atoms with Gasteiger partial charge in [-0.2, -0.15) is 0 Å². The van der Waals surface area contributed by atoms with E-state index in [0.29, 0.717) is 19.0 Å². The molecule has 0 aromatic rings. The first kappa shape index (κ1) is 22.4. The van der Waals surface area contributed by atoms with Crippen molar-refractivity contribution in [2.45, 2.75) is 70.3 Å². The van der Waals surface area contributed by atoms with E-state index in [0.717, 1.165) is 44.8 Å². The highest BCUT2D eigenvalue weighted by Gasteiger charge is 2.17. The van der Waals surface area contributed by atoms with E-state index in [-0.39, 0.29) is 11.9 Å². The average Bonchev–Trinajstić information content (AvgIpc) is 3.19. The number of guanidine groups is 1. The zero-order chi connectivity index (χ0) is 19.4. The molecular weight excluding hydrogens is 364 g/mol. The van der Waals surface area contributed by atoms with Gasteiger partial charge in [-0.25, -0.2) is 13.1 Å². The van der Waals surface area contributed by atoms with Crippen LogP contribution in [-0.4, -0.2) is 59.5 Å². The van der Waals surface area contributed by atoms with E-state index in [1.165, 1.54) is 38.5 Å². The van der Waals surface area contributed by atoms with Gasteiger partial charge in [0.2, 0.25) is 10.0 Å². The molecule has 0 spiro atoms. The van der Waals surface area contributed by atoms with Gasteiger partial charge in [-0.05, 0) is 31.6 Å². The molecule has 158 valence electrons. The summed E-state index contributed by atoms with van der Waals surface area (Å²) in [6.07, 6.45) is 12.5. The maximum Gasteiger partial charge on any atom is 0.213 e. The molecule has 0 radical (unpaired) electrons.